The van der Waals surface area contributed by atoms with E-state index in [0.717, 1.165) is 18.2 Å². The highest BCUT2D eigenvalue weighted by molar-refractivity contribution is 5.89. The van der Waals surface area contributed by atoms with E-state index in [2.05, 4.69) is 5.32 Å². The van der Waals surface area contributed by atoms with Crippen LogP contribution in [0.1, 0.15) is 25.0 Å². The summed E-state index contributed by atoms with van der Waals surface area (Å²) in [5, 5.41) is 11.6. The number of benzene rings is 2. The monoisotopic (exact) mass is 562 g/mol. The van der Waals surface area contributed by atoms with Crippen molar-refractivity contribution in [3.63, 3.8) is 0 Å². The van der Waals surface area contributed by atoms with Gasteiger partial charge in [0, 0.05) is 32.2 Å². The maximum absolute atomic E-state index is 13.0. The molecule has 8 nitrogen and oxygen atoms in total. The minimum Gasteiger partial charge on any atom is -0.492 e. The van der Waals surface area contributed by atoms with Gasteiger partial charge in [-0.25, -0.2) is 18.4 Å². The Morgan fingerprint density at radius 2 is 1.69 bits per heavy atom. The molecular formula is C26H31F5N2O6. The SMILES string of the molecule is CCOC(Cc1ccc(OCCN(CCOCC(C)(F)F)C(=O)Nc2cccc(C(F)(F)F)c2)cc1)C(=O)O. The van der Waals surface area contributed by atoms with E-state index in [1.165, 1.54) is 11.0 Å². The molecule has 2 amide bonds. The number of amides is 2. The van der Waals surface area contributed by atoms with Crippen LogP contribution in [0.15, 0.2) is 48.5 Å². The molecule has 2 aromatic rings. The number of carboxylic acids is 1. The van der Waals surface area contributed by atoms with Crippen LogP contribution < -0.4 is 10.1 Å². The number of carbonyl (C=O) groups excluding carboxylic acids is 1. The molecule has 2 rings (SSSR count). The summed E-state index contributed by atoms with van der Waals surface area (Å²) in [7, 11) is 0. The summed E-state index contributed by atoms with van der Waals surface area (Å²) in [5.41, 5.74) is -0.331. The van der Waals surface area contributed by atoms with Crippen molar-refractivity contribution in [2.75, 3.05) is 44.8 Å². The van der Waals surface area contributed by atoms with Crippen molar-refractivity contribution in [3.05, 3.63) is 59.7 Å². The van der Waals surface area contributed by atoms with Crippen molar-refractivity contribution in [1.82, 2.24) is 4.90 Å². The number of anilines is 1. The molecule has 13 heteroatoms. The number of carbonyl (C=O) groups is 2. The summed E-state index contributed by atoms with van der Waals surface area (Å²) >= 11 is 0. The Morgan fingerprint density at radius 1 is 1.03 bits per heavy atom. The van der Waals surface area contributed by atoms with Gasteiger partial charge in [-0.2, -0.15) is 13.2 Å². The second kappa shape index (κ2) is 14.6. The van der Waals surface area contributed by atoms with Crippen molar-refractivity contribution >= 4 is 17.7 Å². The van der Waals surface area contributed by atoms with Gasteiger partial charge in [0.05, 0.1) is 18.7 Å². The van der Waals surface area contributed by atoms with Crippen molar-refractivity contribution in [2.24, 2.45) is 0 Å². The second-order valence-corrected chi connectivity index (χ2v) is 8.60. The van der Waals surface area contributed by atoms with Crippen LogP contribution >= 0.6 is 0 Å². The zero-order chi connectivity index (χ0) is 29.1. The Morgan fingerprint density at radius 3 is 2.28 bits per heavy atom. The first kappa shape index (κ1) is 31.8. The predicted molar refractivity (Wildman–Crippen MR) is 132 cm³/mol. The van der Waals surface area contributed by atoms with Gasteiger partial charge in [0.15, 0.2) is 6.10 Å². The number of ether oxygens (including phenoxy) is 3. The Bertz CT molecular complexity index is 1060. The Balaban J connectivity index is 1.99. The van der Waals surface area contributed by atoms with E-state index in [0.29, 0.717) is 18.2 Å². The number of alkyl halides is 5. The minimum absolute atomic E-state index is 0.0318. The van der Waals surface area contributed by atoms with Crippen molar-refractivity contribution in [3.8, 4) is 5.75 Å². The first-order chi connectivity index (χ1) is 18.3. The molecule has 0 radical (unpaired) electrons. The zero-order valence-corrected chi connectivity index (χ0v) is 21.5. The van der Waals surface area contributed by atoms with E-state index in [1.807, 2.05) is 0 Å². The average Bonchev–Trinajstić information content (AvgIpc) is 2.85. The van der Waals surface area contributed by atoms with Gasteiger partial charge in [0.1, 0.15) is 19.0 Å². The van der Waals surface area contributed by atoms with E-state index in [9.17, 15) is 36.6 Å². The number of hydrogen-bond donors (Lipinski definition) is 2. The minimum atomic E-state index is -4.60. The van der Waals surface area contributed by atoms with Crippen LogP contribution in [0.25, 0.3) is 0 Å². The van der Waals surface area contributed by atoms with Crippen LogP contribution in [0.4, 0.5) is 32.4 Å². The van der Waals surface area contributed by atoms with Crippen LogP contribution in [0, 0.1) is 0 Å². The van der Waals surface area contributed by atoms with E-state index in [-0.39, 0.29) is 45.0 Å². The number of urea groups is 1. The molecular weight excluding hydrogens is 531 g/mol. The van der Waals surface area contributed by atoms with E-state index in [1.54, 1.807) is 31.2 Å². The van der Waals surface area contributed by atoms with Gasteiger partial charge in [0.2, 0.25) is 0 Å². The number of aliphatic carboxylic acids is 1. The quantitative estimate of drug-likeness (QED) is 0.225. The van der Waals surface area contributed by atoms with Crippen LogP contribution in [-0.2, 0) is 26.9 Å². The van der Waals surface area contributed by atoms with Gasteiger partial charge in [-0.3, -0.25) is 0 Å². The second-order valence-electron chi connectivity index (χ2n) is 8.60. The molecule has 0 aromatic heterocycles. The molecule has 2 N–H and O–H groups in total. The van der Waals surface area contributed by atoms with Crippen LogP contribution in [0.5, 0.6) is 5.75 Å². The number of halogens is 5. The predicted octanol–water partition coefficient (Wildman–Crippen LogP) is 5.32. The first-order valence-corrected chi connectivity index (χ1v) is 12.0. The van der Waals surface area contributed by atoms with Gasteiger partial charge < -0.3 is 29.5 Å². The molecule has 216 valence electrons. The molecule has 0 fully saturated rings. The summed E-state index contributed by atoms with van der Waals surface area (Å²) < 4.78 is 80.8. The average molecular weight is 563 g/mol. The maximum Gasteiger partial charge on any atom is 0.416 e. The smallest absolute Gasteiger partial charge is 0.416 e. The molecule has 0 aliphatic heterocycles. The van der Waals surface area contributed by atoms with E-state index >= 15 is 0 Å². The van der Waals surface area contributed by atoms with Crippen molar-refractivity contribution in [1.29, 1.82) is 0 Å². The molecule has 1 atom stereocenters. The van der Waals surface area contributed by atoms with Crippen molar-refractivity contribution in [2.45, 2.75) is 38.5 Å². The van der Waals surface area contributed by atoms with E-state index < -0.39 is 42.4 Å². The molecule has 0 saturated heterocycles. The zero-order valence-electron chi connectivity index (χ0n) is 21.5. The Hall–Kier alpha value is -3.45. The third-order valence-corrected chi connectivity index (χ3v) is 5.21. The fourth-order valence-electron chi connectivity index (χ4n) is 3.35. The van der Waals surface area contributed by atoms with Crippen LogP contribution in [0.2, 0.25) is 0 Å². The highest BCUT2D eigenvalue weighted by Crippen LogP contribution is 2.30. The molecule has 0 aliphatic rings. The lowest BCUT2D eigenvalue weighted by molar-refractivity contribution is -0.150. The number of hydrogen-bond acceptors (Lipinski definition) is 5. The van der Waals surface area contributed by atoms with Gasteiger partial charge in [-0.15, -0.1) is 0 Å². The third kappa shape index (κ3) is 11.9. The summed E-state index contributed by atoms with van der Waals surface area (Å²) in [6.45, 7) is 1.34. The van der Waals surface area contributed by atoms with Gasteiger partial charge in [-0.05, 0) is 42.8 Å². The molecule has 0 aliphatic carbocycles. The number of rotatable bonds is 15. The van der Waals surface area contributed by atoms with Crippen LogP contribution in [0.3, 0.4) is 0 Å². The van der Waals surface area contributed by atoms with Crippen molar-refractivity contribution < 1.29 is 50.9 Å². The highest BCUT2D eigenvalue weighted by Gasteiger charge is 2.30. The molecule has 0 saturated carbocycles. The first-order valence-electron chi connectivity index (χ1n) is 12.0. The largest absolute Gasteiger partial charge is 0.492 e. The molecule has 0 heterocycles. The Kier molecular flexibility index (Phi) is 11.9. The molecule has 1 unspecified atom stereocenters. The molecule has 39 heavy (non-hydrogen) atoms. The molecule has 0 spiro atoms. The van der Waals surface area contributed by atoms with Gasteiger partial charge in [-0.1, -0.05) is 18.2 Å². The number of nitrogens with one attached hydrogen (secondary N) is 1. The number of carboxylic acid groups (broad SMARTS) is 1. The normalized spacial score (nSPS) is 12.6. The third-order valence-electron chi connectivity index (χ3n) is 5.21. The fraction of sp³-hybridized carbons (Fsp3) is 0.462. The van der Waals surface area contributed by atoms with E-state index in [4.69, 9.17) is 14.2 Å². The lowest BCUT2D eigenvalue weighted by Gasteiger charge is -2.24. The van der Waals surface area contributed by atoms with Gasteiger partial charge in [0.25, 0.3) is 5.92 Å². The summed E-state index contributed by atoms with van der Waals surface area (Å²) in [6.07, 6.45) is -5.43. The number of nitrogens with zero attached hydrogens (tertiary/aromatic N) is 1. The fourth-order valence-corrected chi connectivity index (χ4v) is 3.35. The topological polar surface area (TPSA) is 97.3 Å². The lowest BCUT2D eigenvalue weighted by atomic mass is 10.1. The summed E-state index contributed by atoms with van der Waals surface area (Å²) in [5.74, 6) is -3.72. The van der Waals surface area contributed by atoms with Gasteiger partial charge >= 0.3 is 18.2 Å². The lowest BCUT2D eigenvalue weighted by Crippen LogP contribution is -2.40. The molecule has 2 aromatic carbocycles. The highest BCUT2D eigenvalue weighted by atomic mass is 19.4. The summed E-state index contributed by atoms with van der Waals surface area (Å²) in [4.78, 5) is 25.2. The maximum atomic E-state index is 13.0. The standard InChI is InChI=1S/C26H31F5N2O6/c1-3-38-22(23(34)35)15-18-7-9-21(10-8-18)39-14-12-33(11-13-37-17-25(2,27)28)24(36)32-20-6-4-5-19(16-20)26(29,30)31/h4-10,16,22H,3,11-15,17H2,1-2H3,(H,32,36)(H,34,35). The summed E-state index contributed by atoms with van der Waals surface area (Å²) in [6, 6.07) is 9.87. The molecule has 0 bridgehead atoms. The Labute approximate surface area is 222 Å². The van der Waals surface area contributed by atoms with Crippen LogP contribution in [-0.4, -0.2) is 73.6 Å².